The van der Waals surface area contributed by atoms with Crippen molar-refractivity contribution in [3.63, 3.8) is 0 Å². The molecule has 1 amide bonds. The fourth-order valence-corrected chi connectivity index (χ4v) is 3.22. The zero-order chi connectivity index (χ0) is 19.2. The van der Waals surface area contributed by atoms with Crippen LogP contribution in [0.3, 0.4) is 0 Å². The van der Waals surface area contributed by atoms with Crippen LogP contribution in [-0.2, 0) is 11.3 Å². The predicted octanol–water partition coefficient (Wildman–Crippen LogP) is -0.493. The molecule has 0 unspecified atom stereocenters. The van der Waals surface area contributed by atoms with Gasteiger partial charge in [-0.15, -0.1) is 0 Å². The molecule has 2 heterocycles. The number of amides is 1. The fraction of sp³-hybridized carbons (Fsp3) is 0.444. The van der Waals surface area contributed by atoms with E-state index in [2.05, 4.69) is 15.2 Å². The molecule has 0 saturated carbocycles. The molecule has 0 bridgehead atoms. The van der Waals surface area contributed by atoms with E-state index < -0.39 is 6.61 Å². The average molecular weight is 382 g/mol. The molecule has 0 atom stereocenters. The maximum atomic E-state index is 12.2. The summed E-state index contributed by atoms with van der Waals surface area (Å²) in [6, 6.07) is 7.86. The van der Waals surface area contributed by atoms with Crippen LogP contribution < -0.4 is 19.9 Å². The van der Waals surface area contributed by atoms with Crippen molar-refractivity contribution in [3.8, 4) is 5.75 Å². The Labute approximate surface area is 155 Å². The standard InChI is InChI=1S/C18H22F2N4O3/c1-13-10-15(22-27-13)11-23-6-8-24(9-7-23)12-17(25)21-14-2-4-16(5-3-14)26-18(19)20/h2-5,10,18H,6-9,11-12H2,1H3,(H,21,25)/p+2. The number of aromatic nitrogens is 1. The molecule has 2 aromatic rings. The average Bonchev–Trinajstić information content (AvgIpc) is 3.03. The zero-order valence-electron chi connectivity index (χ0n) is 15.1. The normalized spacial score (nSPS) is 19.9. The van der Waals surface area contributed by atoms with Crippen LogP contribution in [0.2, 0.25) is 0 Å². The number of nitrogens with zero attached hydrogens (tertiary/aromatic N) is 1. The third-order valence-electron chi connectivity index (χ3n) is 4.55. The van der Waals surface area contributed by atoms with E-state index in [1.54, 1.807) is 12.1 Å². The number of quaternary nitrogens is 2. The van der Waals surface area contributed by atoms with Gasteiger partial charge in [-0.1, -0.05) is 5.16 Å². The highest BCUT2D eigenvalue weighted by molar-refractivity contribution is 5.91. The van der Waals surface area contributed by atoms with Crippen molar-refractivity contribution in [3.05, 3.63) is 41.8 Å². The topological polar surface area (TPSA) is 73.2 Å². The quantitative estimate of drug-likeness (QED) is 0.604. The minimum absolute atomic E-state index is 0.0648. The second kappa shape index (κ2) is 8.92. The first-order valence-corrected chi connectivity index (χ1v) is 8.92. The third kappa shape index (κ3) is 6.00. The molecule has 1 aliphatic rings. The summed E-state index contributed by atoms with van der Waals surface area (Å²) in [5, 5.41) is 6.82. The van der Waals surface area contributed by atoms with E-state index in [0.717, 1.165) is 44.2 Å². The van der Waals surface area contributed by atoms with Gasteiger partial charge < -0.3 is 24.4 Å². The molecule has 146 valence electrons. The number of piperazine rings is 1. The van der Waals surface area contributed by atoms with Crippen molar-refractivity contribution in [2.24, 2.45) is 0 Å². The van der Waals surface area contributed by atoms with E-state index in [1.807, 2.05) is 13.0 Å². The summed E-state index contributed by atoms with van der Waals surface area (Å²) in [6.07, 6.45) is 0. The number of hydrogen-bond acceptors (Lipinski definition) is 4. The molecular weight excluding hydrogens is 358 g/mol. The molecule has 1 aromatic heterocycles. The van der Waals surface area contributed by atoms with Crippen LogP contribution >= 0.6 is 0 Å². The minimum atomic E-state index is -2.86. The Kier molecular flexibility index (Phi) is 6.36. The number of ether oxygens (including phenoxy) is 1. The van der Waals surface area contributed by atoms with Crippen molar-refractivity contribution < 1.29 is 32.6 Å². The van der Waals surface area contributed by atoms with Gasteiger partial charge in [0.15, 0.2) is 6.54 Å². The molecule has 3 rings (SSSR count). The highest BCUT2D eigenvalue weighted by atomic mass is 19.3. The fourth-order valence-electron chi connectivity index (χ4n) is 3.22. The van der Waals surface area contributed by atoms with Crippen molar-refractivity contribution in [2.75, 3.05) is 38.0 Å². The second-order valence-electron chi connectivity index (χ2n) is 6.73. The van der Waals surface area contributed by atoms with Crippen LogP contribution in [0.25, 0.3) is 0 Å². The second-order valence-corrected chi connectivity index (χ2v) is 6.73. The van der Waals surface area contributed by atoms with E-state index >= 15 is 0 Å². The molecule has 9 heteroatoms. The smallest absolute Gasteiger partial charge is 0.387 e. The number of aryl methyl sites for hydroxylation is 1. The molecule has 1 aliphatic heterocycles. The third-order valence-corrected chi connectivity index (χ3v) is 4.55. The summed E-state index contributed by atoms with van der Waals surface area (Å²) in [5.41, 5.74) is 1.52. The van der Waals surface area contributed by atoms with Gasteiger partial charge in [0.1, 0.15) is 49.9 Å². The Morgan fingerprint density at radius 2 is 1.89 bits per heavy atom. The molecule has 1 saturated heterocycles. The molecule has 1 aromatic carbocycles. The molecular formula is C18H24F2N4O3+2. The van der Waals surface area contributed by atoms with E-state index in [0.29, 0.717) is 12.2 Å². The number of carbonyl (C=O) groups is 1. The Hall–Kier alpha value is -2.52. The number of halogens is 2. The van der Waals surface area contributed by atoms with Crippen LogP contribution in [0.1, 0.15) is 11.5 Å². The predicted molar refractivity (Wildman–Crippen MR) is 92.9 cm³/mol. The lowest BCUT2D eigenvalue weighted by atomic mass is 10.2. The number of hydrogen-bond donors (Lipinski definition) is 3. The van der Waals surface area contributed by atoms with Crippen molar-refractivity contribution >= 4 is 11.6 Å². The van der Waals surface area contributed by atoms with Gasteiger partial charge in [-0.05, 0) is 31.2 Å². The van der Waals surface area contributed by atoms with E-state index in [-0.39, 0.29) is 11.7 Å². The summed E-state index contributed by atoms with van der Waals surface area (Å²) in [4.78, 5) is 14.9. The first-order valence-electron chi connectivity index (χ1n) is 8.92. The molecule has 0 aliphatic carbocycles. The van der Waals surface area contributed by atoms with Gasteiger partial charge in [0.25, 0.3) is 5.91 Å². The number of nitrogens with one attached hydrogen (secondary N) is 3. The van der Waals surface area contributed by atoms with Crippen LogP contribution in [0.15, 0.2) is 34.9 Å². The summed E-state index contributed by atoms with van der Waals surface area (Å²) in [5.74, 6) is 0.789. The summed E-state index contributed by atoms with van der Waals surface area (Å²) in [7, 11) is 0. The van der Waals surface area contributed by atoms with Crippen LogP contribution in [-0.4, -0.2) is 50.4 Å². The van der Waals surface area contributed by atoms with Crippen LogP contribution in [0.5, 0.6) is 5.75 Å². The highest BCUT2D eigenvalue weighted by Gasteiger charge is 2.25. The lowest BCUT2D eigenvalue weighted by Crippen LogP contribution is -3.28. The lowest BCUT2D eigenvalue weighted by Gasteiger charge is -2.28. The molecule has 3 N–H and O–H groups in total. The van der Waals surface area contributed by atoms with Gasteiger partial charge in [-0.3, -0.25) is 4.79 Å². The van der Waals surface area contributed by atoms with Gasteiger partial charge in [-0.25, -0.2) is 0 Å². The zero-order valence-corrected chi connectivity index (χ0v) is 15.1. The van der Waals surface area contributed by atoms with Gasteiger partial charge in [0, 0.05) is 11.8 Å². The summed E-state index contributed by atoms with van der Waals surface area (Å²) in [6.45, 7) is 3.98. The Morgan fingerprint density at radius 3 is 2.48 bits per heavy atom. The van der Waals surface area contributed by atoms with Crippen molar-refractivity contribution in [2.45, 2.75) is 20.1 Å². The van der Waals surface area contributed by atoms with E-state index in [9.17, 15) is 13.6 Å². The van der Waals surface area contributed by atoms with E-state index in [4.69, 9.17) is 4.52 Å². The van der Waals surface area contributed by atoms with Crippen LogP contribution in [0, 0.1) is 6.92 Å². The minimum Gasteiger partial charge on any atom is -0.435 e. The number of carbonyl (C=O) groups excluding carboxylic acids is 1. The molecule has 0 spiro atoms. The Balaban J connectivity index is 1.40. The number of anilines is 1. The summed E-state index contributed by atoms with van der Waals surface area (Å²) >= 11 is 0. The maximum absolute atomic E-state index is 12.2. The Morgan fingerprint density at radius 1 is 1.22 bits per heavy atom. The number of benzene rings is 1. The molecule has 27 heavy (non-hydrogen) atoms. The molecule has 0 radical (unpaired) electrons. The lowest BCUT2D eigenvalue weighted by molar-refractivity contribution is -1.02. The molecule has 1 fully saturated rings. The first-order chi connectivity index (χ1) is 13.0. The van der Waals surface area contributed by atoms with Crippen molar-refractivity contribution in [1.82, 2.24) is 5.16 Å². The van der Waals surface area contributed by atoms with Gasteiger partial charge >= 0.3 is 6.61 Å². The summed E-state index contributed by atoms with van der Waals surface area (Å²) < 4.78 is 33.7. The Bertz CT molecular complexity index is 743. The number of rotatable bonds is 7. The maximum Gasteiger partial charge on any atom is 0.387 e. The molecule has 7 nitrogen and oxygen atoms in total. The SMILES string of the molecule is Cc1cc(C[NH+]2CC[NH+](CC(=O)Nc3ccc(OC(F)F)cc3)CC2)no1. The highest BCUT2D eigenvalue weighted by Crippen LogP contribution is 2.17. The van der Waals surface area contributed by atoms with Crippen LogP contribution in [0.4, 0.5) is 14.5 Å². The van der Waals surface area contributed by atoms with Gasteiger partial charge in [-0.2, -0.15) is 8.78 Å². The van der Waals surface area contributed by atoms with Gasteiger partial charge in [0.2, 0.25) is 0 Å². The van der Waals surface area contributed by atoms with Crippen molar-refractivity contribution in [1.29, 1.82) is 0 Å². The number of alkyl halides is 2. The largest absolute Gasteiger partial charge is 0.435 e. The van der Waals surface area contributed by atoms with E-state index in [1.165, 1.54) is 21.9 Å². The van der Waals surface area contributed by atoms with Gasteiger partial charge in [0.05, 0.1) is 0 Å². The monoisotopic (exact) mass is 382 g/mol. The first kappa shape index (κ1) is 19.2.